The summed E-state index contributed by atoms with van der Waals surface area (Å²) in [6, 6.07) is 8.35. The average molecular weight is 230 g/mol. The van der Waals surface area contributed by atoms with Gasteiger partial charge in [0.25, 0.3) is 0 Å². The fourth-order valence-corrected chi connectivity index (χ4v) is 2.27. The third-order valence-electron chi connectivity index (χ3n) is 3.09. The second-order valence-corrected chi connectivity index (χ2v) is 4.04. The van der Waals surface area contributed by atoms with Crippen LogP contribution in [0.25, 0.3) is 16.5 Å². The number of aliphatic hydroxyl groups excluding tert-OH is 3. The van der Waals surface area contributed by atoms with Crippen molar-refractivity contribution in [3.8, 4) is 5.75 Å². The molecule has 0 spiro atoms. The Morgan fingerprint density at radius 2 is 1.71 bits per heavy atom. The lowest BCUT2D eigenvalue weighted by Crippen LogP contribution is -2.10. The number of hydrogen-bond acceptors (Lipinski definition) is 4. The summed E-state index contributed by atoms with van der Waals surface area (Å²) in [6.07, 6.45) is -1.26. The standard InChI is InChI=1S/C13H10O4/c14-8-5-4-6-2-1-3-7-9(6)10(8)12(16)13(17)11(7)15/h1-5,11,14-17H. The summed E-state index contributed by atoms with van der Waals surface area (Å²) in [5.41, 5.74) is 0.643. The van der Waals surface area contributed by atoms with E-state index in [2.05, 4.69) is 0 Å². The highest BCUT2D eigenvalue weighted by atomic mass is 16.3. The molecule has 2 aromatic rings. The largest absolute Gasteiger partial charge is 0.507 e. The van der Waals surface area contributed by atoms with Gasteiger partial charge >= 0.3 is 0 Å². The first-order chi connectivity index (χ1) is 8.11. The highest BCUT2D eigenvalue weighted by Crippen LogP contribution is 2.43. The van der Waals surface area contributed by atoms with Crippen molar-refractivity contribution in [1.29, 1.82) is 0 Å². The van der Waals surface area contributed by atoms with Crippen LogP contribution in [0.1, 0.15) is 17.2 Å². The van der Waals surface area contributed by atoms with E-state index >= 15 is 0 Å². The van der Waals surface area contributed by atoms with Gasteiger partial charge in [-0.3, -0.25) is 0 Å². The van der Waals surface area contributed by atoms with Gasteiger partial charge in [-0.1, -0.05) is 24.3 Å². The van der Waals surface area contributed by atoms with E-state index in [1.165, 1.54) is 6.07 Å². The number of hydrogen-bond donors (Lipinski definition) is 4. The van der Waals surface area contributed by atoms with E-state index in [9.17, 15) is 20.4 Å². The fraction of sp³-hybridized carbons (Fsp3) is 0.0769. The molecular weight excluding hydrogens is 220 g/mol. The average Bonchev–Trinajstić information content (AvgIpc) is 2.34. The zero-order chi connectivity index (χ0) is 12.2. The molecule has 0 saturated heterocycles. The number of phenols is 1. The van der Waals surface area contributed by atoms with Crippen LogP contribution in [0.5, 0.6) is 5.75 Å². The zero-order valence-corrected chi connectivity index (χ0v) is 8.75. The van der Waals surface area contributed by atoms with E-state index in [0.29, 0.717) is 10.9 Å². The molecule has 0 saturated carbocycles. The minimum atomic E-state index is -1.26. The van der Waals surface area contributed by atoms with Gasteiger partial charge in [0.15, 0.2) is 11.5 Å². The van der Waals surface area contributed by atoms with Crippen LogP contribution in [-0.2, 0) is 0 Å². The molecule has 86 valence electrons. The molecule has 0 aliphatic heterocycles. The van der Waals surface area contributed by atoms with Crippen LogP contribution >= 0.6 is 0 Å². The molecule has 4 heteroatoms. The maximum absolute atomic E-state index is 9.85. The predicted octanol–water partition coefficient (Wildman–Crippen LogP) is 2.38. The van der Waals surface area contributed by atoms with Crippen LogP contribution in [0, 0.1) is 0 Å². The molecule has 0 bridgehead atoms. The van der Waals surface area contributed by atoms with Gasteiger partial charge < -0.3 is 20.4 Å². The molecule has 2 aromatic carbocycles. The van der Waals surface area contributed by atoms with Crippen LogP contribution in [0.3, 0.4) is 0 Å². The Morgan fingerprint density at radius 3 is 2.47 bits per heavy atom. The van der Waals surface area contributed by atoms with Crippen molar-refractivity contribution in [2.45, 2.75) is 6.10 Å². The van der Waals surface area contributed by atoms with Crippen molar-refractivity contribution in [3.05, 3.63) is 47.2 Å². The van der Waals surface area contributed by atoms with Crippen LogP contribution in [0.15, 0.2) is 36.1 Å². The number of aromatic hydroxyl groups is 1. The number of phenolic OH excluding ortho intramolecular Hbond substituents is 1. The van der Waals surface area contributed by atoms with Gasteiger partial charge in [0.1, 0.15) is 11.9 Å². The van der Waals surface area contributed by atoms with Crippen molar-refractivity contribution in [3.63, 3.8) is 0 Å². The smallest absolute Gasteiger partial charge is 0.168 e. The molecule has 0 aromatic heterocycles. The Labute approximate surface area is 96.7 Å². The quantitative estimate of drug-likeness (QED) is 0.560. The summed E-state index contributed by atoms with van der Waals surface area (Å²) in [4.78, 5) is 0. The molecule has 1 atom stereocenters. The highest BCUT2D eigenvalue weighted by Gasteiger charge is 2.29. The Morgan fingerprint density at radius 1 is 0.941 bits per heavy atom. The van der Waals surface area contributed by atoms with Crippen molar-refractivity contribution in [1.82, 2.24) is 0 Å². The SMILES string of the molecule is OC1=C(O)C(O)c2cccc3ccc(O)c1c23. The summed E-state index contributed by atoms with van der Waals surface area (Å²) in [5, 5.41) is 40.4. The first-order valence-corrected chi connectivity index (χ1v) is 5.16. The lowest BCUT2D eigenvalue weighted by Gasteiger charge is -2.22. The summed E-state index contributed by atoms with van der Waals surface area (Å²) in [6.45, 7) is 0. The lowest BCUT2D eigenvalue weighted by atomic mass is 9.89. The first-order valence-electron chi connectivity index (χ1n) is 5.16. The van der Waals surface area contributed by atoms with Gasteiger partial charge in [0, 0.05) is 5.39 Å². The van der Waals surface area contributed by atoms with Crippen LogP contribution in [-0.4, -0.2) is 20.4 Å². The summed E-state index contributed by atoms with van der Waals surface area (Å²) in [5.74, 6) is -1.13. The number of rotatable bonds is 0. The van der Waals surface area contributed by atoms with Gasteiger partial charge in [-0.25, -0.2) is 0 Å². The van der Waals surface area contributed by atoms with Gasteiger partial charge in [-0.15, -0.1) is 0 Å². The third kappa shape index (κ3) is 1.15. The van der Waals surface area contributed by atoms with E-state index in [1.54, 1.807) is 18.2 Å². The Kier molecular flexibility index (Phi) is 1.85. The molecule has 1 aliphatic carbocycles. The monoisotopic (exact) mass is 230 g/mol. The van der Waals surface area contributed by atoms with E-state index in [4.69, 9.17) is 0 Å². The molecule has 4 N–H and O–H groups in total. The Balaban J connectivity index is 2.56. The molecule has 0 fully saturated rings. The van der Waals surface area contributed by atoms with Crippen molar-refractivity contribution in [2.24, 2.45) is 0 Å². The highest BCUT2D eigenvalue weighted by molar-refractivity contribution is 5.99. The maximum Gasteiger partial charge on any atom is 0.168 e. The topological polar surface area (TPSA) is 80.9 Å². The first kappa shape index (κ1) is 9.99. The molecule has 3 rings (SSSR count). The fourth-order valence-electron chi connectivity index (χ4n) is 2.27. The normalized spacial score (nSPS) is 18.8. The molecular formula is C13H10O4. The summed E-state index contributed by atoms with van der Waals surface area (Å²) >= 11 is 0. The zero-order valence-electron chi connectivity index (χ0n) is 8.75. The van der Waals surface area contributed by atoms with Crippen LogP contribution < -0.4 is 0 Å². The van der Waals surface area contributed by atoms with E-state index in [0.717, 1.165) is 5.39 Å². The van der Waals surface area contributed by atoms with Gasteiger partial charge in [-0.2, -0.15) is 0 Å². The van der Waals surface area contributed by atoms with Gasteiger partial charge in [0.2, 0.25) is 0 Å². The predicted molar refractivity (Wildman–Crippen MR) is 62.8 cm³/mol. The molecule has 1 aliphatic rings. The molecule has 0 radical (unpaired) electrons. The lowest BCUT2D eigenvalue weighted by molar-refractivity contribution is 0.151. The molecule has 0 amide bonds. The second-order valence-electron chi connectivity index (χ2n) is 4.04. The minimum absolute atomic E-state index is 0.124. The molecule has 0 heterocycles. The molecule has 1 unspecified atom stereocenters. The van der Waals surface area contributed by atoms with E-state index in [1.807, 2.05) is 6.07 Å². The summed E-state index contributed by atoms with van der Waals surface area (Å²) in [7, 11) is 0. The van der Waals surface area contributed by atoms with Crippen LogP contribution in [0.2, 0.25) is 0 Å². The molecule has 17 heavy (non-hydrogen) atoms. The number of benzene rings is 2. The van der Waals surface area contributed by atoms with Crippen molar-refractivity contribution < 1.29 is 20.4 Å². The van der Waals surface area contributed by atoms with E-state index in [-0.39, 0.29) is 11.3 Å². The van der Waals surface area contributed by atoms with E-state index < -0.39 is 17.6 Å². The third-order valence-corrected chi connectivity index (χ3v) is 3.09. The van der Waals surface area contributed by atoms with Crippen LogP contribution in [0.4, 0.5) is 0 Å². The summed E-state index contributed by atoms with van der Waals surface area (Å²) < 4.78 is 0. The Hall–Kier alpha value is -2.20. The van der Waals surface area contributed by atoms with Crippen molar-refractivity contribution >= 4 is 16.5 Å². The van der Waals surface area contributed by atoms with Crippen molar-refractivity contribution in [2.75, 3.05) is 0 Å². The maximum atomic E-state index is 9.85. The van der Waals surface area contributed by atoms with Gasteiger partial charge in [0.05, 0.1) is 5.56 Å². The second kappa shape index (κ2) is 3.15. The minimum Gasteiger partial charge on any atom is -0.507 e. The molecule has 4 nitrogen and oxygen atoms in total. The number of aliphatic hydroxyl groups is 3. The van der Waals surface area contributed by atoms with Gasteiger partial charge in [-0.05, 0) is 17.0 Å². The Bertz CT molecular complexity index is 658.